The molecule has 0 heterocycles. The lowest BCUT2D eigenvalue weighted by Gasteiger charge is -2.14. The van der Waals surface area contributed by atoms with Crippen molar-refractivity contribution in [2.75, 3.05) is 5.32 Å². The molecule has 0 aromatic heterocycles. The molecule has 0 radical (unpaired) electrons. The lowest BCUT2D eigenvalue weighted by molar-refractivity contribution is -0.137. The SMILES string of the molecule is Cc1ccc(CNC(=O)CC(=O)Nc2ccc(Cl)cc2C(F)(F)F)cc1. The summed E-state index contributed by atoms with van der Waals surface area (Å²) in [7, 11) is 0. The summed E-state index contributed by atoms with van der Waals surface area (Å²) in [6.45, 7) is 2.15. The van der Waals surface area contributed by atoms with Crippen LogP contribution in [0.1, 0.15) is 23.1 Å². The molecule has 0 unspecified atom stereocenters. The molecule has 138 valence electrons. The Kier molecular flexibility index (Phi) is 6.26. The highest BCUT2D eigenvalue weighted by Crippen LogP contribution is 2.36. The van der Waals surface area contributed by atoms with Crippen LogP contribution in [0.4, 0.5) is 18.9 Å². The van der Waals surface area contributed by atoms with Crippen molar-refractivity contribution in [3.8, 4) is 0 Å². The van der Waals surface area contributed by atoms with Gasteiger partial charge in [-0.15, -0.1) is 0 Å². The number of hydrogen-bond acceptors (Lipinski definition) is 2. The minimum absolute atomic E-state index is 0.105. The lowest BCUT2D eigenvalue weighted by Crippen LogP contribution is -2.28. The van der Waals surface area contributed by atoms with Crippen LogP contribution in [0.25, 0.3) is 0 Å². The molecule has 0 aliphatic carbocycles. The minimum Gasteiger partial charge on any atom is -0.352 e. The van der Waals surface area contributed by atoms with Gasteiger partial charge in [-0.3, -0.25) is 9.59 Å². The van der Waals surface area contributed by atoms with Crippen LogP contribution in [0.15, 0.2) is 42.5 Å². The molecule has 0 aliphatic heterocycles. The molecule has 2 rings (SSSR count). The Bertz CT molecular complexity index is 805. The Hall–Kier alpha value is -2.54. The third-order valence-electron chi connectivity index (χ3n) is 3.49. The molecule has 4 nitrogen and oxygen atoms in total. The zero-order valence-electron chi connectivity index (χ0n) is 13.8. The van der Waals surface area contributed by atoms with Gasteiger partial charge in [0, 0.05) is 11.6 Å². The van der Waals surface area contributed by atoms with Crippen molar-refractivity contribution in [3.63, 3.8) is 0 Å². The summed E-state index contributed by atoms with van der Waals surface area (Å²) in [6, 6.07) is 10.4. The first kappa shape index (κ1) is 19.8. The number of alkyl halides is 3. The first-order valence-electron chi connectivity index (χ1n) is 7.64. The summed E-state index contributed by atoms with van der Waals surface area (Å²) < 4.78 is 39.0. The second-order valence-corrected chi connectivity index (χ2v) is 6.11. The molecule has 0 aliphatic rings. The molecule has 2 amide bonds. The van der Waals surface area contributed by atoms with Gasteiger partial charge in [-0.1, -0.05) is 41.4 Å². The average Bonchev–Trinajstić information content (AvgIpc) is 2.55. The van der Waals surface area contributed by atoms with E-state index in [2.05, 4.69) is 10.6 Å². The number of nitrogens with one attached hydrogen (secondary N) is 2. The number of hydrogen-bond donors (Lipinski definition) is 2. The summed E-state index contributed by atoms with van der Waals surface area (Å²) in [4.78, 5) is 23.7. The van der Waals surface area contributed by atoms with E-state index in [4.69, 9.17) is 11.6 Å². The Balaban J connectivity index is 1.94. The quantitative estimate of drug-likeness (QED) is 0.754. The van der Waals surface area contributed by atoms with E-state index in [1.807, 2.05) is 31.2 Å². The van der Waals surface area contributed by atoms with Crippen molar-refractivity contribution >= 4 is 29.1 Å². The molecule has 26 heavy (non-hydrogen) atoms. The van der Waals surface area contributed by atoms with Crippen LogP contribution in [-0.2, 0) is 22.3 Å². The number of amides is 2. The number of carbonyl (C=O) groups is 2. The van der Waals surface area contributed by atoms with Gasteiger partial charge in [-0.2, -0.15) is 13.2 Å². The Morgan fingerprint density at radius 2 is 1.69 bits per heavy atom. The van der Waals surface area contributed by atoms with Crippen molar-refractivity contribution in [2.24, 2.45) is 0 Å². The molecule has 0 bridgehead atoms. The van der Waals surface area contributed by atoms with Crippen LogP contribution in [0.3, 0.4) is 0 Å². The third kappa shape index (κ3) is 5.77. The zero-order chi connectivity index (χ0) is 19.3. The van der Waals surface area contributed by atoms with Crippen molar-refractivity contribution < 1.29 is 22.8 Å². The van der Waals surface area contributed by atoms with E-state index in [0.717, 1.165) is 17.2 Å². The van der Waals surface area contributed by atoms with Crippen LogP contribution in [-0.4, -0.2) is 11.8 Å². The zero-order valence-corrected chi connectivity index (χ0v) is 14.5. The summed E-state index contributed by atoms with van der Waals surface area (Å²) in [5.41, 5.74) is 0.404. The molecule has 0 atom stereocenters. The summed E-state index contributed by atoms with van der Waals surface area (Å²) >= 11 is 5.58. The Morgan fingerprint density at radius 1 is 1.04 bits per heavy atom. The molecule has 0 saturated carbocycles. The van der Waals surface area contributed by atoms with E-state index in [-0.39, 0.29) is 11.6 Å². The lowest BCUT2D eigenvalue weighted by atomic mass is 10.1. The largest absolute Gasteiger partial charge is 0.418 e. The number of anilines is 1. The molecule has 2 aromatic carbocycles. The highest BCUT2D eigenvalue weighted by molar-refractivity contribution is 6.30. The smallest absolute Gasteiger partial charge is 0.352 e. The number of carbonyl (C=O) groups excluding carboxylic acids is 2. The molecular formula is C18H16ClF3N2O2. The van der Waals surface area contributed by atoms with Gasteiger partial charge in [0.15, 0.2) is 0 Å². The summed E-state index contributed by atoms with van der Waals surface area (Å²) in [6.07, 6.45) is -5.27. The molecule has 0 fully saturated rings. The average molecular weight is 385 g/mol. The van der Waals surface area contributed by atoms with Crippen molar-refractivity contribution in [1.82, 2.24) is 5.32 Å². The predicted octanol–water partition coefficient (Wildman–Crippen LogP) is 4.31. The van der Waals surface area contributed by atoms with Gasteiger partial charge < -0.3 is 10.6 Å². The highest BCUT2D eigenvalue weighted by Gasteiger charge is 2.34. The maximum atomic E-state index is 13.0. The Labute approximate surface area is 153 Å². The number of rotatable bonds is 5. The predicted molar refractivity (Wildman–Crippen MR) is 92.7 cm³/mol. The summed E-state index contributed by atoms with van der Waals surface area (Å²) in [5.74, 6) is -1.44. The van der Waals surface area contributed by atoms with Gasteiger partial charge in [0.05, 0.1) is 11.3 Å². The molecular weight excluding hydrogens is 369 g/mol. The molecule has 0 saturated heterocycles. The van der Waals surface area contributed by atoms with E-state index in [9.17, 15) is 22.8 Å². The monoisotopic (exact) mass is 384 g/mol. The summed E-state index contributed by atoms with van der Waals surface area (Å²) in [5, 5.41) is 4.54. The van der Waals surface area contributed by atoms with Gasteiger partial charge in [0.25, 0.3) is 0 Å². The maximum absolute atomic E-state index is 13.0. The number of aryl methyl sites for hydroxylation is 1. The van der Waals surface area contributed by atoms with Gasteiger partial charge in [-0.05, 0) is 30.7 Å². The van der Waals surface area contributed by atoms with Gasteiger partial charge in [0.1, 0.15) is 6.42 Å². The first-order valence-corrected chi connectivity index (χ1v) is 8.02. The van der Waals surface area contributed by atoms with Gasteiger partial charge >= 0.3 is 6.18 Å². The van der Waals surface area contributed by atoms with Crippen LogP contribution in [0, 0.1) is 6.92 Å². The van der Waals surface area contributed by atoms with Crippen LogP contribution in [0.2, 0.25) is 5.02 Å². The second kappa shape index (κ2) is 8.23. The van der Waals surface area contributed by atoms with Crippen LogP contribution in [0.5, 0.6) is 0 Å². The van der Waals surface area contributed by atoms with Crippen LogP contribution < -0.4 is 10.6 Å². The van der Waals surface area contributed by atoms with Crippen molar-refractivity contribution in [2.45, 2.75) is 26.1 Å². The highest BCUT2D eigenvalue weighted by atomic mass is 35.5. The molecule has 2 N–H and O–H groups in total. The fourth-order valence-electron chi connectivity index (χ4n) is 2.17. The number of benzene rings is 2. The van der Waals surface area contributed by atoms with Crippen LogP contribution >= 0.6 is 11.6 Å². The fraction of sp³-hybridized carbons (Fsp3) is 0.222. The number of halogens is 4. The van der Waals surface area contributed by atoms with E-state index < -0.39 is 35.7 Å². The van der Waals surface area contributed by atoms with E-state index >= 15 is 0 Å². The normalized spacial score (nSPS) is 11.1. The van der Waals surface area contributed by atoms with Gasteiger partial charge in [0.2, 0.25) is 11.8 Å². The standard InChI is InChI=1S/C18H16ClF3N2O2/c1-11-2-4-12(5-3-11)10-23-16(25)9-17(26)24-15-7-6-13(19)8-14(15)18(20,21)22/h2-8H,9-10H2,1H3,(H,23,25)(H,24,26). The molecule has 0 spiro atoms. The molecule has 8 heteroatoms. The van der Waals surface area contributed by atoms with E-state index in [0.29, 0.717) is 6.07 Å². The third-order valence-corrected chi connectivity index (χ3v) is 3.73. The topological polar surface area (TPSA) is 58.2 Å². The minimum atomic E-state index is -4.68. The maximum Gasteiger partial charge on any atom is 0.418 e. The van der Waals surface area contributed by atoms with Gasteiger partial charge in [-0.25, -0.2) is 0 Å². The fourth-order valence-corrected chi connectivity index (χ4v) is 2.34. The van der Waals surface area contributed by atoms with E-state index in [1.165, 1.54) is 6.07 Å². The molecule has 2 aromatic rings. The van der Waals surface area contributed by atoms with E-state index in [1.54, 1.807) is 0 Å². The van der Waals surface area contributed by atoms with Crippen molar-refractivity contribution in [1.29, 1.82) is 0 Å². The van der Waals surface area contributed by atoms with Crippen molar-refractivity contribution in [3.05, 3.63) is 64.2 Å². The Morgan fingerprint density at radius 3 is 2.31 bits per heavy atom. The second-order valence-electron chi connectivity index (χ2n) is 5.67. The first-order chi connectivity index (χ1) is 12.1.